The predicted molar refractivity (Wildman–Crippen MR) is 87.1 cm³/mol. The van der Waals surface area contributed by atoms with Crippen molar-refractivity contribution in [3.63, 3.8) is 0 Å². The number of benzene rings is 1. The van der Waals surface area contributed by atoms with E-state index in [9.17, 15) is 9.59 Å². The predicted octanol–water partition coefficient (Wildman–Crippen LogP) is 2.02. The van der Waals surface area contributed by atoms with E-state index in [4.69, 9.17) is 0 Å². The first-order valence-electron chi connectivity index (χ1n) is 8.02. The highest BCUT2D eigenvalue weighted by molar-refractivity contribution is 5.94. The molecule has 0 aliphatic carbocycles. The van der Waals surface area contributed by atoms with Crippen LogP contribution in [0.15, 0.2) is 18.2 Å². The van der Waals surface area contributed by atoms with Crippen molar-refractivity contribution >= 4 is 23.2 Å². The Morgan fingerprint density at radius 1 is 1.18 bits per heavy atom. The number of carbonyl (C=O) groups excluding carboxylic acids is 2. The van der Waals surface area contributed by atoms with Crippen molar-refractivity contribution in [1.29, 1.82) is 0 Å². The van der Waals surface area contributed by atoms with E-state index in [0.717, 1.165) is 50.3 Å². The van der Waals surface area contributed by atoms with E-state index in [2.05, 4.69) is 11.4 Å². The average molecular weight is 301 g/mol. The summed E-state index contributed by atoms with van der Waals surface area (Å²) in [6, 6.07) is 5.76. The van der Waals surface area contributed by atoms with Gasteiger partial charge in [-0.25, -0.2) is 0 Å². The van der Waals surface area contributed by atoms with Gasteiger partial charge in [0.15, 0.2) is 0 Å². The molecule has 3 rings (SSSR count). The molecule has 22 heavy (non-hydrogen) atoms. The third-order valence-electron chi connectivity index (χ3n) is 4.53. The van der Waals surface area contributed by atoms with Crippen LogP contribution in [0, 0.1) is 0 Å². The Labute approximate surface area is 131 Å². The molecule has 2 aliphatic heterocycles. The van der Waals surface area contributed by atoms with Crippen LogP contribution in [0.2, 0.25) is 0 Å². The lowest BCUT2D eigenvalue weighted by Crippen LogP contribution is -2.39. The Bertz CT molecular complexity index is 594. The van der Waals surface area contributed by atoms with Crippen LogP contribution in [0.3, 0.4) is 0 Å². The molecule has 2 heterocycles. The summed E-state index contributed by atoms with van der Waals surface area (Å²) < 4.78 is 0. The molecule has 1 aromatic rings. The summed E-state index contributed by atoms with van der Waals surface area (Å²) in [5.74, 6) is 0.250. The lowest BCUT2D eigenvalue weighted by Gasteiger charge is -2.22. The van der Waals surface area contributed by atoms with E-state index in [1.54, 1.807) is 11.8 Å². The van der Waals surface area contributed by atoms with E-state index in [1.165, 1.54) is 5.56 Å². The van der Waals surface area contributed by atoms with Crippen molar-refractivity contribution < 1.29 is 9.59 Å². The SMILES string of the molecule is CC(=O)N1CCc2cc(NC(C)C(=O)N3CCCC3)ccc21. The van der Waals surface area contributed by atoms with E-state index >= 15 is 0 Å². The van der Waals surface area contributed by atoms with Crippen molar-refractivity contribution in [2.24, 2.45) is 0 Å². The number of rotatable bonds is 3. The van der Waals surface area contributed by atoms with Crippen LogP contribution in [0.4, 0.5) is 11.4 Å². The number of hydrogen-bond acceptors (Lipinski definition) is 3. The van der Waals surface area contributed by atoms with E-state index in [0.29, 0.717) is 0 Å². The number of amides is 2. The molecule has 0 saturated carbocycles. The number of nitrogens with zero attached hydrogens (tertiary/aromatic N) is 2. The van der Waals surface area contributed by atoms with Gasteiger partial charge in [0.05, 0.1) is 0 Å². The standard InChI is InChI=1S/C17H23N3O2/c1-12(17(22)19-8-3-4-9-19)18-15-5-6-16-14(11-15)7-10-20(16)13(2)21/h5-6,11-12,18H,3-4,7-10H2,1-2H3. The summed E-state index contributed by atoms with van der Waals surface area (Å²) in [7, 11) is 0. The van der Waals surface area contributed by atoms with Gasteiger partial charge >= 0.3 is 0 Å². The van der Waals surface area contributed by atoms with Gasteiger partial charge in [0.2, 0.25) is 11.8 Å². The largest absolute Gasteiger partial charge is 0.374 e. The minimum absolute atomic E-state index is 0.0806. The molecule has 1 fully saturated rings. The number of anilines is 2. The van der Waals surface area contributed by atoms with Gasteiger partial charge in [-0.15, -0.1) is 0 Å². The molecule has 1 unspecified atom stereocenters. The van der Waals surface area contributed by atoms with Crippen molar-refractivity contribution in [3.05, 3.63) is 23.8 Å². The molecule has 0 aromatic heterocycles. The second-order valence-corrected chi connectivity index (χ2v) is 6.16. The summed E-state index contributed by atoms with van der Waals surface area (Å²) in [4.78, 5) is 27.6. The van der Waals surface area contributed by atoms with Gasteiger partial charge in [-0.05, 0) is 49.9 Å². The summed E-state index contributed by atoms with van der Waals surface area (Å²) in [5, 5.41) is 3.30. The average Bonchev–Trinajstić information content (AvgIpc) is 3.15. The van der Waals surface area contributed by atoms with E-state index < -0.39 is 0 Å². The van der Waals surface area contributed by atoms with Gasteiger partial charge in [0.1, 0.15) is 6.04 Å². The summed E-state index contributed by atoms with van der Waals surface area (Å²) in [5.41, 5.74) is 3.11. The molecule has 5 nitrogen and oxygen atoms in total. The quantitative estimate of drug-likeness (QED) is 0.929. The molecule has 0 bridgehead atoms. The maximum Gasteiger partial charge on any atom is 0.244 e. The van der Waals surface area contributed by atoms with Crippen LogP contribution in [-0.2, 0) is 16.0 Å². The highest BCUT2D eigenvalue weighted by Gasteiger charge is 2.25. The topological polar surface area (TPSA) is 52.7 Å². The fraction of sp³-hybridized carbons (Fsp3) is 0.529. The first kappa shape index (κ1) is 14.9. The summed E-state index contributed by atoms with van der Waals surface area (Å²) in [6.07, 6.45) is 3.09. The van der Waals surface area contributed by atoms with Gasteiger partial charge in [-0.2, -0.15) is 0 Å². The fourth-order valence-electron chi connectivity index (χ4n) is 3.34. The third kappa shape index (κ3) is 2.80. The molecule has 0 spiro atoms. The molecule has 1 atom stereocenters. The van der Waals surface area contributed by atoms with E-state index in [1.807, 2.05) is 24.0 Å². The smallest absolute Gasteiger partial charge is 0.244 e. The zero-order valence-electron chi connectivity index (χ0n) is 13.3. The van der Waals surface area contributed by atoms with E-state index in [-0.39, 0.29) is 17.9 Å². The maximum absolute atomic E-state index is 12.3. The van der Waals surface area contributed by atoms with Crippen LogP contribution < -0.4 is 10.2 Å². The normalized spacial score (nSPS) is 18.3. The van der Waals surface area contributed by atoms with Crippen molar-refractivity contribution in [1.82, 2.24) is 4.90 Å². The lowest BCUT2D eigenvalue weighted by molar-refractivity contribution is -0.130. The van der Waals surface area contributed by atoms with Crippen molar-refractivity contribution in [2.45, 2.75) is 39.2 Å². The molecule has 118 valence electrons. The first-order chi connectivity index (χ1) is 10.6. The molecule has 2 amide bonds. The molecule has 1 N–H and O–H groups in total. The zero-order chi connectivity index (χ0) is 15.7. The van der Waals surface area contributed by atoms with Gasteiger partial charge in [-0.1, -0.05) is 0 Å². The van der Waals surface area contributed by atoms with Gasteiger partial charge < -0.3 is 15.1 Å². The third-order valence-corrected chi connectivity index (χ3v) is 4.53. The number of likely N-dealkylation sites (tertiary alicyclic amines) is 1. The Morgan fingerprint density at radius 2 is 1.91 bits per heavy atom. The Hall–Kier alpha value is -2.04. The molecule has 2 aliphatic rings. The molecule has 1 aromatic carbocycles. The second kappa shape index (κ2) is 5.99. The fourth-order valence-corrected chi connectivity index (χ4v) is 3.34. The highest BCUT2D eigenvalue weighted by Crippen LogP contribution is 2.30. The Morgan fingerprint density at radius 3 is 2.59 bits per heavy atom. The Balaban J connectivity index is 1.69. The highest BCUT2D eigenvalue weighted by atomic mass is 16.2. The molecular weight excluding hydrogens is 278 g/mol. The van der Waals surface area contributed by atoms with Crippen LogP contribution in [0.5, 0.6) is 0 Å². The molecule has 0 radical (unpaired) electrons. The number of fused-ring (bicyclic) bond motifs is 1. The number of hydrogen-bond donors (Lipinski definition) is 1. The number of carbonyl (C=O) groups is 2. The summed E-state index contributed by atoms with van der Waals surface area (Å²) in [6.45, 7) is 6.01. The zero-order valence-corrected chi connectivity index (χ0v) is 13.3. The van der Waals surface area contributed by atoms with Crippen LogP contribution in [-0.4, -0.2) is 42.4 Å². The van der Waals surface area contributed by atoms with Crippen LogP contribution in [0.1, 0.15) is 32.3 Å². The minimum Gasteiger partial charge on any atom is -0.374 e. The van der Waals surface area contributed by atoms with Crippen LogP contribution >= 0.6 is 0 Å². The van der Waals surface area contributed by atoms with Crippen molar-refractivity contribution in [3.8, 4) is 0 Å². The summed E-state index contributed by atoms with van der Waals surface area (Å²) >= 11 is 0. The molecular formula is C17H23N3O2. The monoisotopic (exact) mass is 301 g/mol. The van der Waals surface area contributed by atoms with Gasteiger partial charge in [0, 0.05) is 37.9 Å². The van der Waals surface area contributed by atoms with Crippen LogP contribution in [0.25, 0.3) is 0 Å². The molecule has 1 saturated heterocycles. The lowest BCUT2D eigenvalue weighted by atomic mass is 10.1. The second-order valence-electron chi connectivity index (χ2n) is 6.16. The minimum atomic E-state index is -0.221. The number of nitrogens with one attached hydrogen (secondary N) is 1. The maximum atomic E-state index is 12.3. The molecule has 5 heteroatoms. The van der Waals surface area contributed by atoms with Gasteiger partial charge in [0.25, 0.3) is 0 Å². The Kier molecular flexibility index (Phi) is 4.05. The van der Waals surface area contributed by atoms with Gasteiger partial charge in [-0.3, -0.25) is 9.59 Å². The first-order valence-corrected chi connectivity index (χ1v) is 8.02. The van der Waals surface area contributed by atoms with Crippen molar-refractivity contribution in [2.75, 3.05) is 29.9 Å².